The third-order valence-corrected chi connectivity index (χ3v) is 6.82. The van der Waals surface area contributed by atoms with Crippen LogP contribution in [0.1, 0.15) is 64.9 Å². The smallest absolute Gasteiger partial charge is 0.273 e. The number of hydrogen-bond donors (Lipinski definition) is 0. The van der Waals surface area contributed by atoms with Crippen molar-refractivity contribution in [1.82, 2.24) is 19.9 Å². The molecule has 0 aliphatic carbocycles. The Balaban J connectivity index is 1.43. The van der Waals surface area contributed by atoms with E-state index in [9.17, 15) is 4.79 Å². The number of aromatic nitrogens is 3. The zero-order valence-corrected chi connectivity index (χ0v) is 19.3. The van der Waals surface area contributed by atoms with Crippen LogP contribution in [0.5, 0.6) is 0 Å². The first-order valence-corrected chi connectivity index (χ1v) is 12.1. The zero-order chi connectivity index (χ0) is 22.6. The predicted octanol–water partition coefficient (Wildman–Crippen LogP) is 4.54. The van der Waals surface area contributed by atoms with Gasteiger partial charge in [0.2, 0.25) is 0 Å². The van der Waals surface area contributed by atoms with E-state index in [0.717, 1.165) is 75.5 Å². The monoisotopic (exact) mass is 441 g/mol. The molecule has 2 aliphatic heterocycles. The van der Waals surface area contributed by atoms with Crippen LogP contribution in [0, 0.1) is 6.92 Å². The highest BCUT2D eigenvalue weighted by Crippen LogP contribution is 2.34. The largest absolute Gasteiger partial charge is 0.356 e. The first-order chi connectivity index (χ1) is 16.2. The summed E-state index contributed by atoms with van der Waals surface area (Å²) in [6, 6.07) is 16.0. The molecule has 0 spiro atoms. The Morgan fingerprint density at radius 3 is 2.67 bits per heavy atom. The van der Waals surface area contributed by atoms with Gasteiger partial charge in [-0.2, -0.15) is 0 Å². The summed E-state index contributed by atoms with van der Waals surface area (Å²) in [5.41, 5.74) is 4.14. The second-order valence-electron chi connectivity index (χ2n) is 9.02. The normalized spacial score (nSPS) is 18.2. The molecule has 0 radical (unpaired) electrons. The van der Waals surface area contributed by atoms with Gasteiger partial charge in [0.1, 0.15) is 11.5 Å². The minimum atomic E-state index is -0.102. The lowest BCUT2D eigenvalue weighted by Gasteiger charge is -2.36. The van der Waals surface area contributed by atoms with Crippen molar-refractivity contribution < 1.29 is 4.79 Å². The third-order valence-electron chi connectivity index (χ3n) is 6.82. The molecule has 0 N–H and O–H groups in total. The quantitative estimate of drug-likeness (QED) is 0.582. The number of hydrogen-bond acceptors (Lipinski definition) is 5. The minimum absolute atomic E-state index is 0.0276. The minimum Gasteiger partial charge on any atom is -0.356 e. The van der Waals surface area contributed by atoms with Gasteiger partial charge in [-0.05, 0) is 63.1 Å². The molecule has 6 nitrogen and oxygen atoms in total. The van der Waals surface area contributed by atoms with Crippen LogP contribution in [-0.2, 0) is 12.8 Å². The molecule has 1 aromatic carbocycles. The van der Waals surface area contributed by atoms with E-state index >= 15 is 0 Å². The topological polar surface area (TPSA) is 62.2 Å². The number of aryl methyl sites for hydroxylation is 1. The molecule has 1 atom stereocenters. The first kappa shape index (κ1) is 21.6. The molecule has 0 saturated carbocycles. The Bertz CT molecular complexity index is 1100. The number of benzene rings is 1. The maximum Gasteiger partial charge on any atom is 0.273 e. The Labute approximate surface area is 195 Å². The van der Waals surface area contributed by atoms with Gasteiger partial charge in [-0.15, -0.1) is 0 Å². The SMILES string of the molecule is Cc1nc([C@@H]2CCCCN2C(=O)c2ccccn2)nc2c1CCCN2CCc1ccccc1. The van der Waals surface area contributed by atoms with Crippen LogP contribution in [0.15, 0.2) is 54.7 Å². The molecule has 2 aliphatic rings. The van der Waals surface area contributed by atoms with Crippen LogP contribution in [0.4, 0.5) is 5.82 Å². The van der Waals surface area contributed by atoms with Crippen LogP contribution in [-0.4, -0.2) is 45.4 Å². The van der Waals surface area contributed by atoms with E-state index in [4.69, 9.17) is 9.97 Å². The van der Waals surface area contributed by atoms with E-state index in [1.54, 1.807) is 12.3 Å². The number of carbonyl (C=O) groups excluding carboxylic acids is 1. The number of rotatable bonds is 5. The molecule has 3 aromatic rings. The molecule has 0 bridgehead atoms. The van der Waals surface area contributed by atoms with Gasteiger partial charge in [-0.25, -0.2) is 9.97 Å². The van der Waals surface area contributed by atoms with E-state index in [0.29, 0.717) is 5.69 Å². The van der Waals surface area contributed by atoms with Crippen LogP contribution in [0.25, 0.3) is 0 Å². The summed E-state index contributed by atoms with van der Waals surface area (Å²) < 4.78 is 0. The lowest BCUT2D eigenvalue weighted by atomic mass is 9.99. The summed E-state index contributed by atoms with van der Waals surface area (Å²) in [6.07, 6.45) is 7.78. The number of anilines is 1. The summed E-state index contributed by atoms with van der Waals surface area (Å²) in [5.74, 6) is 1.82. The lowest BCUT2D eigenvalue weighted by molar-refractivity contribution is 0.0593. The predicted molar refractivity (Wildman–Crippen MR) is 129 cm³/mol. The second-order valence-corrected chi connectivity index (χ2v) is 9.02. The number of piperidine rings is 1. The molecule has 0 unspecified atom stereocenters. The standard InChI is InChI=1S/C27H31N5O/c1-20-22-12-9-17-31(19-15-21-10-3-2-4-11-21)26(22)30-25(29-20)24-14-6-8-18-32(24)27(33)23-13-5-7-16-28-23/h2-5,7,10-11,13,16,24H,6,8-9,12,14-15,17-19H2,1H3/t24-/m0/s1. The molecule has 1 amide bonds. The summed E-state index contributed by atoms with van der Waals surface area (Å²) >= 11 is 0. The summed E-state index contributed by atoms with van der Waals surface area (Å²) in [7, 11) is 0. The van der Waals surface area contributed by atoms with Crippen molar-refractivity contribution in [2.45, 2.75) is 51.5 Å². The molecule has 33 heavy (non-hydrogen) atoms. The highest BCUT2D eigenvalue weighted by atomic mass is 16.2. The highest BCUT2D eigenvalue weighted by molar-refractivity contribution is 5.92. The number of fused-ring (bicyclic) bond motifs is 1. The van der Waals surface area contributed by atoms with Gasteiger partial charge in [-0.3, -0.25) is 9.78 Å². The summed E-state index contributed by atoms with van der Waals surface area (Å²) in [4.78, 5) is 32.0. The van der Waals surface area contributed by atoms with E-state index in [-0.39, 0.29) is 11.9 Å². The van der Waals surface area contributed by atoms with Gasteiger partial charge < -0.3 is 9.80 Å². The molecule has 1 saturated heterocycles. The zero-order valence-electron chi connectivity index (χ0n) is 19.3. The molecule has 2 aromatic heterocycles. The van der Waals surface area contributed by atoms with Gasteiger partial charge in [0.25, 0.3) is 5.91 Å². The number of pyridine rings is 1. The fraction of sp³-hybridized carbons (Fsp3) is 0.407. The van der Waals surface area contributed by atoms with Crippen LogP contribution in [0.3, 0.4) is 0 Å². The van der Waals surface area contributed by atoms with Gasteiger partial charge in [0, 0.05) is 37.1 Å². The fourth-order valence-corrected chi connectivity index (χ4v) is 5.06. The van der Waals surface area contributed by atoms with Crippen LogP contribution >= 0.6 is 0 Å². The lowest BCUT2D eigenvalue weighted by Crippen LogP contribution is -2.40. The Morgan fingerprint density at radius 2 is 1.85 bits per heavy atom. The molecular weight excluding hydrogens is 410 g/mol. The van der Waals surface area contributed by atoms with Crippen molar-refractivity contribution in [3.8, 4) is 0 Å². The van der Waals surface area contributed by atoms with Crippen LogP contribution < -0.4 is 4.90 Å². The van der Waals surface area contributed by atoms with Crippen molar-refractivity contribution in [3.63, 3.8) is 0 Å². The van der Waals surface area contributed by atoms with Gasteiger partial charge in [-0.1, -0.05) is 36.4 Å². The highest BCUT2D eigenvalue weighted by Gasteiger charge is 2.33. The van der Waals surface area contributed by atoms with Crippen LogP contribution in [0.2, 0.25) is 0 Å². The molecule has 4 heterocycles. The maximum atomic E-state index is 13.3. The number of carbonyl (C=O) groups is 1. The van der Waals surface area contributed by atoms with E-state index in [1.165, 1.54) is 11.1 Å². The van der Waals surface area contributed by atoms with E-state index < -0.39 is 0 Å². The van der Waals surface area contributed by atoms with Gasteiger partial charge in [0.15, 0.2) is 5.82 Å². The molecule has 5 rings (SSSR count). The molecule has 170 valence electrons. The van der Waals surface area contributed by atoms with E-state index in [2.05, 4.69) is 47.1 Å². The molecule has 1 fully saturated rings. The van der Waals surface area contributed by atoms with Crippen molar-refractivity contribution in [3.05, 3.63) is 83.1 Å². The summed E-state index contributed by atoms with van der Waals surface area (Å²) in [5, 5.41) is 0. The Morgan fingerprint density at radius 1 is 1.00 bits per heavy atom. The third kappa shape index (κ3) is 4.61. The van der Waals surface area contributed by atoms with Gasteiger partial charge in [0.05, 0.1) is 6.04 Å². The molecular formula is C27H31N5O. The average molecular weight is 442 g/mol. The van der Waals surface area contributed by atoms with E-state index in [1.807, 2.05) is 17.0 Å². The van der Waals surface area contributed by atoms with Crippen molar-refractivity contribution in [1.29, 1.82) is 0 Å². The first-order valence-electron chi connectivity index (χ1n) is 12.1. The van der Waals surface area contributed by atoms with Crippen molar-refractivity contribution >= 4 is 11.7 Å². The fourth-order valence-electron chi connectivity index (χ4n) is 5.06. The number of nitrogens with zero attached hydrogens (tertiary/aromatic N) is 5. The van der Waals surface area contributed by atoms with Crippen molar-refractivity contribution in [2.75, 3.05) is 24.5 Å². The summed E-state index contributed by atoms with van der Waals surface area (Å²) in [6.45, 7) is 4.76. The number of amides is 1. The molecule has 6 heteroatoms. The Kier molecular flexibility index (Phi) is 6.33. The van der Waals surface area contributed by atoms with Crippen molar-refractivity contribution in [2.24, 2.45) is 0 Å². The average Bonchev–Trinajstić information content (AvgIpc) is 2.88. The Hall–Kier alpha value is -3.28. The number of likely N-dealkylation sites (tertiary alicyclic amines) is 1. The van der Waals surface area contributed by atoms with Gasteiger partial charge >= 0.3 is 0 Å². The second kappa shape index (κ2) is 9.69. The maximum absolute atomic E-state index is 13.3.